The number of hydrogen-bond donors (Lipinski definition) is 0. The molecule has 0 atom stereocenters. The Kier molecular flexibility index (Phi) is 1.80. The van der Waals surface area contributed by atoms with Gasteiger partial charge in [-0.3, -0.25) is 0 Å². The van der Waals surface area contributed by atoms with Gasteiger partial charge in [0.1, 0.15) is 0 Å². The fourth-order valence-corrected chi connectivity index (χ4v) is 4.04. The summed E-state index contributed by atoms with van der Waals surface area (Å²) in [6.45, 7) is 0. The minimum atomic E-state index is 1.17. The largest absolute Gasteiger partial charge is 0.0616 e. The first-order valence-electron chi connectivity index (χ1n) is 7.97. The summed E-state index contributed by atoms with van der Waals surface area (Å²) in [6.07, 6.45) is 2.34. The maximum absolute atomic E-state index is 2.37. The molecule has 0 aromatic heterocycles. The fraction of sp³-hybridized carbons (Fsp3) is 0.0909. The molecule has 22 heavy (non-hydrogen) atoms. The van der Waals surface area contributed by atoms with Crippen LogP contribution in [-0.4, -0.2) is 0 Å². The molecule has 0 N–H and O–H groups in total. The van der Waals surface area contributed by atoms with Crippen LogP contribution in [0.5, 0.6) is 0 Å². The average molecular weight is 278 g/mol. The molecule has 0 unspecified atom stereocenters. The number of rotatable bonds is 1. The zero-order chi connectivity index (χ0) is 14.3. The molecule has 4 aromatic rings. The SMILES string of the molecule is c1ccc2c(-c3c4c(cc5ccccc35)C4)c3c(cc2c1)C3. The van der Waals surface area contributed by atoms with Gasteiger partial charge in [0, 0.05) is 0 Å². The lowest BCUT2D eigenvalue weighted by Gasteiger charge is -2.10. The van der Waals surface area contributed by atoms with Crippen molar-refractivity contribution in [2.24, 2.45) is 0 Å². The van der Waals surface area contributed by atoms with E-state index in [4.69, 9.17) is 0 Å². The van der Waals surface area contributed by atoms with Gasteiger partial charge in [-0.2, -0.15) is 0 Å². The van der Waals surface area contributed by atoms with Crippen molar-refractivity contribution < 1.29 is 0 Å². The Morgan fingerprint density at radius 1 is 0.545 bits per heavy atom. The lowest BCUT2D eigenvalue weighted by atomic mass is 9.93. The van der Waals surface area contributed by atoms with E-state index in [1.54, 1.807) is 11.1 Å². The van der Waals surface area contributed by atoms with E-state index in [0.717, 1.165) is 0 Å². The molecule has 0 saturated heterocycles. The molecule has 6 rings (SSSR count). The molecule has 0 heterocycles. The molecule has 0 saturated carbocycles. The molecule has 0 heteroatoms. The van der Waals surface area contributed by atoms with Gasteiger partial charge in [0.2, 0.25) is 0 Å². The predicted molar refractivity (Wildman–Crippen MR) is 92.5 cm³/mol. The molecule has 0 amide bonds. The van der Waals surface area contributed by atoms with Crippen molar-refractivity contribution in [3.63, 3.8) is 0 Å². The van der Waals surface area contributed by atoms with Crippen LogP contribution < -0.4 is 0 Å². The van der Waals surface area contributed by atoms with E-state index in [0.29, 0.717) is 0 Å². The van der Waals surface area contributed by atoms with Gasteiger partial charge in [0.15, 0.2) is 0 Å². The Labute approximate surface area is 129 Å². The maximum Gasteiger partial charge on any atom is -0.00132 e. The maximum atomic E-state index is 2.37. The molecular weight excluding hydrogens is 264 g/mol. The second-order valence-electron chi connectivity index (χ2n) is 6.57. The van der Waals surface area contributed by atoms with Gasteiger partial charge in [-0.15, -0.1) is 0 Å². The molecule has 0 bridgehead atoms. The summed E-state index contributed by atoms with van der Waals surface area (Å²) < 4.78 is 0. The Balaban J connectivity index is 1.84. The first-order valence-corrected chi connectivity index (χ1v) is 7.97. The molecule has 2 aliphatic rings. The van der Waals surface area contributed by atoms with Crippen LogP contribution in [0, 0.1) is 0 Å². The van der Waals surface area contributed by atoms with Crippen molar-refractivity contribution >= 4 is 21.5 Å². The summed E-state index contributed by atoms with van der Waals surface area (Å²) in [7, 11) is 0. The summed E-state index contributed by atoms with van der Waals surface area (Å²) in [5.74, 6) is 0. The Bertz CT molecular complexity index is 1020. The average Bonchev–Trinajstić information content (AvgIpc) is 3.45. The third kappa shape index (κ3) is 1.33. The molecule has 0 nitrogen and oxygen atoms in total. The van der Waals surface area contributed by atoms with Gasteiger partial charge in [-0.1, -0.05) is 60.7 Å². The topological polar surface area (TPSA) is 0 Å². The smallest absolute Gasteiger partial charge is 0.00132 e. The number of fused-ring (bicyclic) bond motifs is 4. The first-order chi connectivity index (χ1) is 10.9. The van der Waals surface area contributed by atoms with Crippen molar-refractivity contribution in [3.05, 3.63) is 82.9 Å². The van der Waals surface area contributed by atoms with Crippen LogP contribution in [0.1, 0.15) is 22.3 Å². The van der Waals surface area contributed by atoms with E-state index in [9.17, 15) is 0 Å². The Morgan fingerprint density at radius 2 is 1.00 bits per heavy atom. The minimum Gasteiger partial charge on any atom is -0.0616 e. The van der Waals surface area contributed by atoms with Crippen LogP contribution in [0.3, 0.4) is 0 Å². The van der Waals surface area contributed by atoms with Gasteiger partial charge < -0.3 is 0 Å². The normalized spacial score (nSPS) is 14.0. The number of benzene rings is 4. The van der Waals surface area contributed by atoms with E-state index in [1.807, 2.05) is 0 Å². The summed E-state index contributed by atoms with van der Waals surface area (Å²) in [5.41, 5.74) is 9.25. The predicted octanol–water partition coefficient (Wildman–Crippen LogP) is 5.47. The molecule has 102 valence electrons. The van der Waals surface area contributed by atoms with Crippen molar-refractivity contribution in [3.8, 4) is 11.1 Å². The van der Waals surface area contributed by atoms with Crippen LogP contribution in [-0.2, 0) is 12.8 Å². The van der Waals surface area contributed by atoms with Crippen LogP contribution in [0.2, 0.25) is 0 Å². The Morgan fingerprint density at radius 3 is 1.50 bits per heavy atom. The van der Waals surface area contributed by atoms with Crippen LogP contribution in [0.15, 0.2) is 60.7 Å². The van der Waals surface area contributed by atoms with E-state index in [-0.39, 0.29) is 0 Å². The lowest BCUT2D eigenvalue weighted by Crippen LogP contribution is -1.84. The van der Waals surface area contributed by atoms with Gasteiger partial charge >= 0.3 is 0 Å². The highest BCUT2D eigenvalue weighted by molar-refractivity contribution is 6.11. The summed E-state index contributed by atoms with van der Waals surface area (Å²) in [4.78, 5) is 0. The highest BCUT2D eigenvalue weighted by Crippen LogP contribution is 2.50. The third-order valence-corrected chi connectivity index (χ3v) is 5.23. The van der Waals surface area contributed by atoms with Crippen molar-refractivity contribution in [2.75, 3.05) is 0 Å². The minimum absolute atomic E-state index is 1.17. The zero-order valence-electron chi connectivity index (χ0n) is 12.2. The number of hydrogen-bond acceptors (Lipinski definition) is 0. The molecule has 0 radical (unpaired) electrons. The second-order valence-corrected chi connectivity index (χ2v) is 6.57. The highest BCUT2D eigenvalue weighted by Gasteiger charge is 2.31. The summed E-state index contributed by atoms with van der Waals surface area (Å²) in [5, 5.41) is 5.61. The molecular formula is C22H14. The fourth-order valence-electron chi connectivity index (χ4n) is 4.04. The zero-order valence-corrected chi connectivity index (χ0v) is 12.2. The standard InChI is InChI=1S/C22H14/c1-3-7-17-13(5-1)9-15-11-19(15)21(17)22-18-8-4-2-6-14(18)10-16-12-20(16)22/h1-10H,11-12H2. The summed E-state index contributed by atoms with van der Waals surface area (Å²) in [6, 6.07) is 22.5. The molecule has 0 fully saturated rings. The molecule has 0 aliphatic heterocycles. The van der Waals surface area contributed by atoms with Crippen molar-refractivity contribution in [1.29, 1.82) is 0 Å². The monoisotopic (exact) mass is 278 g/mol. The van der Waals surface area contributed by atoms with Gasteiger partial charge in [0.25, 0.3) is 0 Å². The second kappa shape index (κ2) is 3.59. The lowest BCUT2D eigenvalue weighted by molar-refractivity contribution is 1.58. The van der Waals surface area contributed by atoms with E-state index in [2.05, 4.69) is 60.7 Å². The molecule has 2 aliphatic carbocycles. The van der Waals surface area contributed by atoms with Gasteiger partial charge in [0.05, 0.1) is 0 Å². The van der Waals surface area contributed by atoms with Crippen molar-refractivity contribution in [2.45, 2.75) is 12.8 Å². The van der Waals surface area contributed by atoms with Crippen LogP contribution in [0.25, 0.3) is 32.7 Å². The highest BCUT2D eigenvalue weighted by atomic mass is 14.3. The Hall–Kier alpha value is -2.60. The van der Waals surface area contributed by atoms with E-state index in [1.165, 1.54) is 56.6 Å². The van der Waals surface area contributed by atoms with Gasteiger partial charge in [-0.05, 0) is 67.8 Å². The van der Waals surface area contributed by atoms with E-state index < -0.39 is 0 Å². The third-order valence-electron chi connectivity index (χ3n) is 5.23. The quantitative estimate of drug-likeness (QED) is 0.374. The van der Waals surface area contributed by atoms with Crippen LogP contribution in [0.4, 0.5) is 0 Å². The van der Waals surface area contributed by atoms with Gasteiger partial charge in [-0.25, -0.2) is 0 Å². The molecule has 0 spiro atoms. The first kappa shape index (κ1) is 11.0. The van der Waals surface area contributed by atoms with Crippen LogP contribution >= 0.6 is 0 Å². The van der Waals surface area contributed by atoms with E-state index >= 15 is 0 Å². The summed E-state index contributed by atoms with van der Waals surface area (Å²) >= 11 is 0. The molecule has 4 aromatic carbocycles. The van der Waals surface area contributed by atoms with Crippen molar-refractivity contribution in [1.82, 2.24) is 0 Å².